The topological polar surface area (TPSA) is 57.8 Å². The molecular formula is C15H18FN3O. The van der Waals surface area contributed by atoms with E-state index >= 15 is 0 Å². The summed E-state index contributed by atoms with van der Waals surface area (Å²) < 4.78 is 13.1. The van der Waals surface area contributed by atoms with Crippen LogP contribution in [0.4, 0.5) is 4.39 Å². The molecule has 0 saturated carbocycles. The first-order chi connectivity index (χ1) is 9.60. The molecule has 106 valence electrons. The van der Waals surface area contributed by atoms with Crippen molar-refractivity contribution in [3.8, 4) is 0 Å². The molecule has 0 bridgehead atoms. The minimum atomic E-state index is -0.290. The fourth-order valence-electron chi connectivity index (χ4n) is 1.99. The molecular weight excluding hydrogens is 257 g/mol. The van der Waals surface area contributed by atoms with Gasteiger partial charge >= 0.3 is 0 Å². The number of aromatic amines is 1. The van der Waals surface area contributed by atoms with Crippen LogP contribution in [0.25, 0.3) is 11.0 Å². The minimum absolute atomic E-state index is 0.0611. The molecule has 1 aromatic heterocycles. The Morgan fingerprint density at radius 1 is 1.50 bits per heavy atom. The number of hydrogen-bond acceptors (Lipinski definition) is 2. The Balaban J connectivity index is 1.93. The van der Waals surface area contributed by atoms with Crippen molar-refractivity contribution in [2.24, 2.45) is 0 Å². The van der Waals surface area contributed by atoms with Crippen LogP contribution in [0.2, 0.25) is 0 Å². The van der Waals surface area contributed by atoms with Crippen molar-refractivity contribution < 1.29 is 9.18 Å². The van der Waals surface area contributed by atoms with Crippen LogP contribution in [0.15, 0.2) is 29.8 Å². The van der Waals surface area contributed by atoms with Gasteiger partial charge < -0.3 is 10.3 Å². The summed E-state index contributed by atoms with van der Waals surface area (Å²) in [6.45, 7) is 4.28. The zero-order valence-electron chi connectivity index (χ0n) is 11.7. The van der Waals surface area contributed by atoms with E-state index in [1.165, 1.54) is 12.1 Å². The lowest BCUT2D eigenvalue weighted by Crippen LogP contribution is -2.26. The quantitative estimate of drug-likeness (QED) is 0.824. The SMILES string of the molecule is CC/C=C(/C)C(=O)NCCc1nc2ccc(F)cc2[nH]1. The van der Waals surface area contributed by atoms with Crippen molar-refractivity contribution in [1.29, 1.82) is 0 Å². The van der Waals surface area contributed by atoms with Crippen LogP contribution in [-0.2, 0) is 11.2 Å². The second-order valence-corrected chi connectivity index (χ2v) is 4.65. The number of amides is 1. The van der Waals surface area contributed by atoms with E-state index in [1.807, 2.05) is 13.0 Å². The number of carbonyl (C=O) groups excluding carboxylic acids is 1. The van der Waals surface area contributed by atoms with Crippen molar-refractivity contribution in [2.45, 2.75) is 26.7 Å². The van der Waals surface area contributed by atoms with Gasteiger partial charge in [0, 0.05) is 18.5 Å². The van der Waals surface area contributed by atoms with Gasteiger partial charge in [0.1, 0.15) is 11.6 Å². The molecule has 1 amide bonds. The normalized spacial score (nSPS) is 11.8. The van der Waals surface area contributed by atoms with Gasteiger partial charge in [-0.05, 0) is 31.5 Å². The van der Waals surface area contributed by atoms with E-state index < -0.39 is 0 Å². The van der Waals surface area contributed by atoms with E-state index in [0.29, 0.717) is 18.5 Å². The number of benzene rings is 1. The summed E-state index contributed by atoms with van der Waals surface area (Å²) in [6.07, 6.45) is 3.31. The van der Waals surface area contributed by atoms with Crippen LogP contribution in [0.3, 0.4) is 0 Å². The lowest BCUT2D eigenvalue weighted by atomic mass is 10.2. The van der Waals surface area contributed by atoms with Gasteiger partial charge in [-0.3, -0.25) is 4.79 Å². The van der Waals surface area contributed by atoms with Crippen LogP contribution in [0.5, 0.6) is 0 Å². The summed E-state index contributed by atoms with van der Waals surface area (Å²) in [5, 5.41) is 2.83. The Hall–Kier alpha value is -2.17. The van der Waals surface area contributed by atoms with Crippen LogP contribution in [0.1, 0.15) is 26.1 Å². The zero-order chi connectivity index (χ0) is 14.5. The van der Waals surface area contributed by atoms with E-state index in [9.17, 15) is 9.18 Å². The summed E-state index contributed by atoms with van der Waals surface area (Å²) in [5.41, 5.74) is 2.13. The van der Waals surface area contributed by atoms with Gasteiger partial charge in [-0.25, -0.2) is 9.37 Å². The molecule has 0 atom stereocenters. The van der Waals surface area contributed by atoms with Gasteiger partial charge in [-0.1, -0.05) is 13.0 Å². The van der Waals surface area contributed by atoms with Crippen LogP contribution >= 0.6 is 0 Å². The Morgan fingerprint density at radius 3 is 3.05 bits per heavy atom. The highest BCUT2D eigenvalue weighted by Gasteiger charge is 2.06. The fourth-order valence-corrected chi connectivity index (χ4v) is 1.99. The van der Waals surface area contributed by atoms with Crippen LogP contribution in [-0.4, -0.2) is 22.4 Å². The number of carbonyl (C=O) groups is 1. The molecule has 2 N–H and O–H groups in total. The van der Waals surface area contributed by atoms with Gasteiger partial charge in [0.25, 0.3) is 0 Å². The number of imidazole rings is 1. The Kier molecular flexibility index (Phi) is 4.50. The molecule has 5 heteroatoms. The maximum Gasteiger partial charge on any atom is 0.246 e. The molecule has 1 aromatic carbocycles. The van der Waals surface area contributed by atoms with Crippen molar-refractivity contribution >= 4 is 16.9 Å². The molecule has 2 aromatic rings. The molecule has 0 saturated heterocycles. The van der Waals surface area contributed by atoms with Crippen molar-refractivity contribution in [1.82, 2.24) is 15.3 Å². The molecule has 0 aliphatic heterocycles. The highest BCUT2D eigenvalue weighted by Crippen LogP contribution is 2.12. The third-order valence-corrected chi connectivity index (χ3v) is 3.01. The van der Waals surface area contributed by atoms with Gasteiger partial charge in [0.2, 0.25) is 5.91 Å². The zero-order valence-corrected chi connectivity index (χ0v) is 11.7. The molecule has 0 unspecified atom stereocenters. The molecule has 0 radical (unpaired) electrons. The third kappa shape index (κ3) is 3.44. The van der Waals surface area contributed by atoms with E-state index in [2.05, 4.69) is 15.3 Å². The number of nitrogens with zero attached hydrogens (tertiary/aromatic N) is 1. The van der Waals surface area contributed by atoms with E-state index in [1.54, 1.807) is 13.0 Å². The van der Waals surface area contributed by atoms with E-state index in [-0.39, 0.29) is 11.7 Å². The van der Waals surface area contributed by atoms with Gasteiger partial charge in [0.05, 0.1) is 11.0 Å². The molecule has 0 spiro atoms. The molecule has 20 heavy (non-hydrogen) atoms. The number of rotatable bonds is 5. The number of nitrogens with one attached hydrogen (secondary N) is 2. The molecule has 4 nitrogen and oxygen atoms in total. The average Bonchev–Trinajstić information content (AvgIpc) is 2.80. The van der Waals surface area contributed by atoms with Gasteiger partial charge in [-0.15, -0.1) is 0 Å². The Bertz CT molecular complexity index is 646. The lowest BCUT2D eigenvalue weighted by Gasteiger charge is -2.03. The standard InChI is InChI=1S/C15H18FN3O/c1-3-4-10(2)15(20)17-8-7-14-18-12-6-5-11(16)9-13(12)19-14/h4-6,9H,3,7-8H2,1-2H3,(H,17,20)(H,18,19)/b10-4-. The van der Waals surface area contributed by atoms with Crippen molar-refractivity contribution in [2.75, 3.05) is 6.54 Å². The summed E-state index contributed by atoms with van der Waals surface area (Å²) in [6, 6.07) is 4.43. The van der Waals surface area contributed by atoms with Crippen LogP contribution in [0, 0.1) is 5.82 Å². The summed E-state index contributed by atoms with van der Waals surface area (Å²) >= 11 is 0. The largest absolute Gasteiger partial charge is 0.352 e. The second-order valence-electron chi connectivity index (χ2n) is 4.65. The number of allylic oxidation sites excluding steroid dienone is 1. The Morgan fingerprint density at radius 2 is 2.30 bits per heavy atom. The molecule has 2 rings (SSSR count). The number of halogens is 1. The summed E-state index contributed by atoms with van der Waals surface area (Å²) in [4.78, 5) is 19.1. The average molecular weight is 275 g/mol. The molecule has 0 aliphatic carbocycles. The summed E-state index contributed by atoms with van der Waals surface area (Å²) in [5.74, 6) is 0.387. The van der Waals surface area contributed by atoms with Crippen molar-refractivity contribution in [3.63, 3.8) is 0 Å². The second kappa shape index (κ2) is 6.32. The molecule has 1 heterocycles. The molecule has 0 fully saturated rings. The van der Waals surface area contributed by atoms with E-state index in [0.717, 1.165) is 23.3 Å². The fraction of sp³-hybridized carbons (Fsp3) is 0.333. The minimum Gasteiger partial charge on any atom is -0.352 e. The first-order valence-electron chi connectivity index (χ1n) is 6.69. The monoisotopic (exact) mass is 275 g/mol. The van der Waals surface area contributed by atoms with Gasteiger partial charge in [-0.2, -0.15) is 0 Å². The molecule has 0 aliphatic rings. The summed E-state index contributed by atoms with van der Waals surface area (Å²) in [7, 11) is 0. The maximum absolute atomic E-state index is 13.1. The first-order valence-corrected chi connectivity index (χ1v) is 6.69. The Labute approximate surface area is 117 Å². The number of hydrogen-bond donors (Lipinski definition) is 2. The van der Waals surface area contributed by atoms with Crippen LogP contribution < -0.4 is 5.32 Å². The van der Waals surface area contributed by atoms with Gasteiger partial charge in [0.15, 0.2) is 0 Å². The number of fused-ring (bicyclic) bond motifs is 1. The highest BCUT2D eigenvalue weighted by atomic mass is 19.1. The highest BCUT2D eigenvalue weighted by molar-refractivity contribution is 5.92. The third-order valence-electron chi connectivity index (χ3n) is 3.01. The number of H-pyrrole nitrogens is 1. The number of aromatic nitrogens is 2. The first kappa shape index (κ1) is 14.2. The smallest absolute Gasteiger partial charge is 0.246 e. The lowest BCUT2D eigenvalue weighted by molar-refractivity contribution is -0.117. The predicted molar refractivity (Wildman–Crippen MR) is 76.8 cm³/mol. The van der Waals surface area contributed by atoms with E-state index in [4.69, 9.17) is 0 Å². The predicted octanol–water partition coefficient (Wildman–Crippen LogP) is 2.72. The maximum atomic E-state index is 13.1. The van der Waals surface area contributed by atoms with Crippen molar-refractivity contribution in [3.05, 3.63) is 41.5 Å².